The SMILES string of the molecule is CCC12CC(C)(O)C(O)(c3ccccc3)CC1CCc1c2cc(Cl)c(O)c1Br. The minimum absolute atomic E-state index is 0.0773. The van der Waals surface area contributed by atoms with Gasteiger partial charge in [0.2, 0.25) is 0 Å². The van der Waals surface area contributed by atoms with Crippen LogP contribution in [0.3, 0.4) is 0 Å². The number of benzene rings is 2. The molecule has 0 saturated heterocycles. The van der Waals surface area contributed by atoms with Gasteiger partial charge in [-0.2, -0.15) is 0 Å². The molecule has 4 unspecified atom stereocenters. The van der Waals surface area contributed by atoms with E-state index in [0.717, 1.165) is 36.0 Å². The van der Waals surface area contributed by atoms with E-state index in [1.165, 1.54) is 0 Å². The summed E-state index contributed by atoms with van der Waals surface area (Å²) in [5.41, 5.74) is 0.0369. The summed E-state index contributed by atoms with van der Waals surface area (Å²) < 4.78 is 0.657. The summed E-state index contributed by atoms with van der Waals surface area (Å²) in [7, 11) is 0. The van der Waals surface area contributed by atoms with Crippen molar-refractivity contribution in [3.05, 3.63) is 62.6 Å². The third-order valence-corrected chi connectivity index (χ3v) is 8.47. The van der Waals surface area contributed by atoms with E-state index in [9.17, 15) is 15.3 Å². The molecule has 0 aliphatic heterocycles. The number of rotatable bonds is 2. The van der Waals surface area contributed by atoms with E-state index in [2.05, 4.69) is 22.9 Å². The molecule has 0 radical (unpaired) electrons. The highest BCUT2D eigenvalue weighted by molar-refractivity contribution is 9.10. The zero-order chi connectivity index (χ0) is 20.3. The maximum Gasteiger partial charge on any atom is 0.148 e. The van der Waals surface area contributed by atoms with E-state index >= 15 is 0 Å². The lowest BCUT2D eigenvalue weighted by atomic mass is 9.49. The van der Waals surface area contributed by atoms with E-state index < -0.39 is 11.2 Å². The van der Waals surface area contributed by atoms with Gasteiger partial charge < -0.3 is 15.3 Å². The molecule has 2 aromatic rings. The van der Waals surface area contributed by atoms with Gasteiger partial charge in [-0.05, 0) is 83.6 Å². The zero-order valence-electron chi connectivity index (χ0n) is 16.2. The van der Waals surface area contributed by atoms with Gasteiger partial charge in [-0.3, -0.25) is 0 Å². The van der Waals surface area contributed by atoms with Crippen molar-refractivity contribution in [1.82, 2.24) is 0 Å². The van der Waals surface area contributed by atoms with Gasteiger partial charge in [-0.25, -0.2) is 0 Å². The van der Waals surface area contributed by atoms with E-state index in [4.69, 9.17) is 11.6 Å². The Morgan fingerprint density at radius 3 is 2.54 bits per heavy atom. The second kappa shape index (κ2) is 6.73. The highest BCUT2D eigenvalue weighted by Gasteiger charge is 2.61. The fraction of sp³-hybridized carbons (Fsp3) is 0.478. The number of aliphatic hydroxyl groups is 2. The molecule has 4 atom stereocenters. The van der Waals surface area contributed by atoms with Crippen molar-refractivity contribution in [2.24, 2.45) is 5.92 Å². The van der Waals surface area contributed by atoms with Crippen molar-refractivity contribution in [2.75, 3.05) is 0 Å². The molecule has 0 aromatic heterocycles. The predicted octanol–water partition coefficient (Wildman–Crippen LogP) is 5.45. The molecule has 150 valence electrons. The van der Waals surface area contributed by atoms with Crippen LogP contribution in [0.4, 0.5) is 0 Å². The quantitative estimate of drug-likeness (QED) is 0.552. The summed E-state index contributed by atoms with van der Waals surface area (Å²) in [6.45, 7) is 3.89. The van der Waals surface area contributed by atoms with Crippen LogP contribution < -0.4 is 0 Å². The maximum atomic E-state index is 11.7. The van der Waals surface area contributed by atoms with Crippen molar-refractivity contribution >= 4 is 27.5 Å². The summed E-state index contributed by atoms with van der Waals surface area (Å²) in [5.74, 6) is 0.288. The van der Waals surface area contributed by atoms with Gasteiger partial charge in [0.15, 0.2) is 0 Å². The van der Waals surface area contributed by atoms with Gasteiger partial charge in [-0.15, -0.1) is 0 Å². The number of hydrogen-bond donors (Lipinski definition) is 3. The Hall–Kier alpha value is -1.07. The minimum atomic E-state index is -1.30. The number of fused-ring (bicyclic) bond motifs is 3. The second-order valence-corrected chi connectivity index (χ2v) is 9.87. The molecule has 3 nitrogen and oxygen atoms in total. The smallest absolute Gasteiger partial charge is 0.148 e. The molecule has 28 heavy (non-hydrogen) atoms. The summed E-state index contributed by atoms with van der Waals surface area (Å²) in [5, 5.41) is 33.9. The van der Waals surface area contributed by atoms with Crippen LogP contribution in [0.15, 0.2) is 40.9 Å². The second-order valence-electron chi connectivity index (χ2n) is 8.67. The van der Waals surface area contributed by atoms with Crippen molar-refractivity contribution in [3.63, 3.8) is 0 Å². The lowest BCUT2D eigenvalue weighted by molar-refractivity contribution is -0.205. The van der Waals surface area contributed by atoms with Gasteiger partial charge in [0.05, 0.1) is 15.1 Å². The molecule has 0 heterocycles. The monoisotopic (exact) mass is 464 g/mol. The first kappa shape index (κ1) is 20.2. The third kappa shape index (κ3) is 2.68. The fourth-order valence-electron chi connectivity index (χ4n) is 5.77. The summed E-state index contributed by atoms with van der Waals surface area (Å²) in [6, 6.07) is 11.4. The minimum Gasteiger partial charge on any atom is -0.505 e. The molecule has 1 fully saturated rings. The Labute approximate surface area is 179 Å². The maximum absolute atomic E-state index is 11.7. The van der Waals surface area contributed by atoms with E-state index in [-0.39, 0.29) is 17.1 Å². The summed E-state index contributed by atoms with van der Waals surface area (Å²) in [6.07, 6.45) is 3.46. The average molecular weight is 466 g/mol. The highest BCUT2D eigenvalue weighted by Crippen LogP contribution is 2.61. The lowest BCUT2D eigenvalue weighted by Gasteiger charge is -2.59. The molecule has 0 bridgehead atoms. The first-order chi connectivity index (χ1) is 13.2. The van der Waals surface area contributed by atoms with Crippen LogP contribution in [-0.2, 0) is 17.4 Å². The van der Waals surface area contributed by atoms with Gasteiger partial charge in [0.1, 0.15) is 11.4 Å². The largest absolute Gasteiger partial charge is 0.505 e. The van der Waals surface area contributed by atoms with Gasteiger partial charge in [0.25, 0.3) is 0 Å². The Bertz CT molecular complexity index is 914. The van der Waals surface area contributed by atoms with Crippen LogP contribution in [0.2, 0.25) is 5.02 Å². The standard InChI is InChI=1S/C23H26BrClO3/c1-3-22-13-21(2,27)23(28,14-7-5-4-6-8-14)12-15(22)9-10-16-17(22)11-18(25)20(26)19(16)24/h4-8,11,15,26-28H,3,9-10,12-13H2,1-2H3. The predicted molar refractivity (Wildman–Crippen MR) is 115 cm³/mol. The highest BCUT2D eigenvalue weighted by atomic mass is 79.9. The molecule has 2 aromatic carbocycles. The molecule has 4 rings (SSSR count). The molecular weight excluding hydrogens is 440 g/mol. The molecule has 3 N–H and O–H groups in total. The number of phenolic OH excluding ortho intramolecular Hbond substituents is 1. The topological polar surface area (TPSA) is 60.7 Å². The lowest BCUT2D eigenvalue weighted by Crippen LogP contribution is -2.62. The molecule has 5 heteroatoms. The third-order valence-electron chi connectivity index (χ3n) is 7.33. The van der Waals surface area contributed by atoms with Crippen LogP contribution in [0, 0.1) is 5.92 Å². The van der Waals surface area contributed by atoms with Crippen LogP contribution in [0.25, 0.3) is 0 Å². The Balaban J connectivity index is 1.88. The number of halogens is 2. The van der Waals surface area contributed by atoms with E-state index in [1.54, 1.807) is 6.92 Å². The van der Waals surface area contributed by atoms with E-state index in [1.807, 2.05) is 36.4 Å². The van der Waals surface area contributed by atoms with Gasteiger partial charge >= 0.3 is 0 Å². The number of phenols is 1. The van der Waals surface area contributed by atoms with Crippen molar-refractivity contribution < 1.29 is 15.3 Å². The van der Waals surface area contributed by atoms with Crippen LogP contribution in [0.5, 0.6) is 5.75 Å². The Morgan fingerprint density at radius 2 is 1.89 bits per heavy atom. The Morgan fingerprint density at radius 1 is 1.21 bits per heavy atom. The normalized spacial score (nSPS) is 34.6. The summed E-state index contributed by atoms with van der Waals surface area (Å²) >= 11 is 9.86. The first-order valence-electron chi connectivity index (χ1n) is 9.87. The molecule has 0 spiro atoms. The van der Waals surface area contributed by atoms with Crippen LogP contribution in [-0.4, -0.2) is 20.9 Å². The van der Waals surface area contributed by atoms with Crippen LogP contribution >= 0.6 is 27.5 Å². The fourth-order valence-corrected chi connectivity index (χ4v) is 6.72. The van der Waals surface area contributed by atoms with E-state index in [0.29, 0.717) is 22.3 Å². The van der Waals surface area contributed by atoms with Crippen molar-refractivity contribution in [2.45, 2.75) is 62.6 Å². The molecule has 1 saturated carbocycles. The van der Waals surface area contributed by atoms with Gasteiger partial charge in [0, 0.05) is 5.41 Å². The van der Waals surface area contributed by atoms with Crippen molar-refractivity contribution in [3.8, 4) is 5.75 Å². The molecule has 2 aliphatic rings. The molecule has 0 amide bonds. The Kier molecular flexibility index (Phi) is 4.86. The number of hydrogen-bond acceptors (Lipinski definition) is 3. The van der Waals surface area contributed by atoms with Crippen molar-refractivity contribution in [1.29, 1.82) is 0 Å². The van der Waals surface area contributed by atoms with Crippen LogP contribution in [0.1, 0.15) is 56.2 Å². The number of aromatic hydroxyl groups is 1. The first-order valence-corrected chi connectivity index (χ1v) is 11.0. The zero-order valence-corrected chi connectivity index (χ0v) is 18.5. The molecule has 2 aliphatic carbocycles. The molecular formula is C23H26BrClO3. The van der Waals surface area contributed by atoms with Gasteiger partial charge in [-0.1, -0.05) is 48.9 Å². The average Bonchev–Trinajstić information content (AvgIpc) is 2.68. The summed E-state index contributed by atoms with van der Waals surface area (Å²) in [4.78, 5) is 0.